The molecule has 11 aromatic rings. The van der Waals surface area contributed by atoms with Crippen LogP contribution < -0.4 is 4.90 Å². The zero-order chi connectivity index (χ0) is 37.7. The highest BCUT2D eigenvalue weighted by atomic mass is 32.1. The van der Waals surface area contributed by atoms with Crippen molar-refractivity contribution in [3.05, 3.63) is 194 Å². The van der Waals surface area contributed by atoms with E-state index in [1.165, 1.54) is 25.7 Å². The fourth-order valence-corrected chi connectivity index (χ4v) is 9.05. The van der Waals surface area contributed by atoms with Crippen LogP contribution in [0.3, 0.4) is 0 Å². The van der Waals surface area contributed by atoms with Gasteiger partial charge in [0.15, 0.2) is 17.5 Å². The first-order chi connectivity index (χ1) is 28.2. The molecule has 0 saturated heterocycles. The highest BCUT2D eigenvalue weighted by Gasteiger charge is 2.24. The van der Waals surface area contributed by atoms with E-state index >= 15 is 0 Å². The number of aromatic nitrogens is 3. The quantitative estimate of drug-likeness (QED) is 0.162. The monoisotopic (exact) mass is 748 g/mol. The average Bonchev–Trinajstić information content (AvgIpc) is 3.86. The topological polar surface area (TPSA) is 55.1 Å². The van der Waals surface area contributed by atoms with Crippen LogP contribution in [0, 0.1) is 0 Å². The second kappa shape index (κ2) is 13.7. The van der Waals surface area contributed by atoms with Gasteiger partial charge in [0.05, 0.1) is 16.1 Å². The summed E-state index contributed by atoms with van der Waals surface area (Å²) in [4.78, 5) is 17.8. The second-order valence-electron chi connectivity index (χ2n) is 14.0. The largest absolute Gasteiger partial charge is 0.456 e. The Kier molecular flexibility index (Phi) is 7.93. The predicted octanol–water partition coefficient (Wildman–Crippen LogP) is 14.3. The van der Waals surface area contributed by atoms with E-state index in [4.69, 9.17) is 19.4 Å². The van der Waals surface area contributed by atoms with E-state index in [1.54, 1.807) is 0 Å². The first-order valence-electron chi connectivity index (χ1n) is 18.9. The van der Waals surface area contributed by atoms with Gasteiger partial charge in [0, 0.05) is 54.7 Å². The van der Waals surface area contributed by atoms with Crippen molar-refractivity contribution in [2.24, 2.45) is 0 Å². The molecule has 3 heterocycles. The Balaban J connectivity index is 1.20. The number of benzene rings is 8. The molecule has 57 heavy (non-hydrogen) atoms. The van der Waals surface area contributed by atoms with Crippen molar-refractivity contribution in [1.82, 2.24) is 15.0 Å². The third-order valence-electron chi connectivity index (χ3n) is 10.5. The molecule has 0 unspecified atom stereocenters. The lowest BCUT2D eigenvalue weighted by molar-refractivity contribution is 0.669. The van der Waals surface area contributed by atoms with Gasteiger partial charge in [0.2, 0.25) is 0 Å². The maximum atomic E-state index is 6.72. The Labute approximate surface area is 332 Å². The first kappa shape index (κ1) is 33.0. The van der Waals surface area contributed by atoms with Crippen LogP contribution in [0.4, 0.5) is 17.1 Å². The van der Waals surface area contributed by atoms with Crippen LogP contribution in [0.25, 0.3) is 87.4 Å². The Morgan fingerprint density at radius 1 is 0.404 bits per heavy atom. The maximum absolute atomic E-state index is 6.72. The summed E-state index contributed by atoms with van der Waals surface area (Å²) < 4.78 is 9.18. The maximum Gasteiger partial charge on any atom is 0.164 e. The fourth-order valence-electron chi connectivity index (χ4n) is 7.84. The molecule has 0 fully saturated rings. The third kappa shape index (κ3) is 5.82. The summed E-state index contributed by atoms with van der Waals surface area (Å²) in [6.07, 6.45) is 0. The van der Waals surface area contributed by atoms with E-state index in [0.717, 1.165) is 61.3 Å². The number of thiophene rings is 1. The Morgan fingerprint density at radius 2 is 0.965 bits per heavy atom. The van der Waals surface area contributed by atoms with Crippen molar-refractivity contribution in [2.45, 2.75) is 0 Å². The summed E-state index contributed by atoms with van der Waals surface area (Å²) >= 11 is 1.82. The van der Waals surface area contributed by atoms with Crippen LogP contribution in [0.1, 0.15) is 0 Å². The Hall–Kier alpha value is -7.41. The molecule has 5 nitrogen and oxygen atoms in total. The van der Waals surface area contributed by atoms with Gasteiger partial charge in [-0.05, 0) is 47.5 Å². The minimum Gasteiger partial charge on any atom is -0.456 e. The lowest BCUT2D eigenvalue weighted by Crippen LogP contribution is -2.10. The molecule has 6 heteroatoms. The van der Waals surface area contributed by atoms with Gasteiger partial charge in [-0.25, -0.2) is 15.0 Å². The van der Waals surface area contributed by atoms with E-state index in [2.05, 4.69) is 126 Å². The molecule has 0 spiro atoms. The van der Waals surface area contributed by atoms with E-state index in [0.29, 0.717) is 17.5 Å². The molecule has 0 amide bonds. The van der Waals surface area contributed by atoms with E-state index < -0.39 is 0 Å². The van der Waals surface area contributed by atoms with Crippen LogP contribution in [0.5, 0.6) is 0 Å². The molecule has 0 atom stereocenters. The van der Waals surface area contributed by atoms with Gasteiger partial charge >= 0.3 is 0 Å². The van der Waals surface area contributed by atoms with Gasteiger partial charge in [-0.3, -0.25) is 0 Å². The van der Waals surface area contributed by atoms with Crippen LogP contribution in [0.2, 0.25) is 0 Å². The zero-order valence-corrected chi connectivity index (χ0v) is 31.4. The molecule has 0 bridgehead atoms. The van der Waals surface area contributed by atoms with E-state index in [9.17, 15) is 0 Å². The molecule has 0 aliphatic heterocycles. The molecule has 8 aromatic carbocycles. The standard InChI is InChI=1S/C51H32N4OS/c1-4-15-33(16-5-1)34-27-29-37(30-28-34)55(43-24-14-23-40-39-21-11-13-26-46(39)57-48(40)43)38-31-42(47-41-22-10-12-25-44(41)56-45(47)32-38)51-53-49(35-17-6-2-7-18-35)52-50(54-51)36-19-8-3-9-20-36/h1-32H. The minimum absolute atomic E-state index is 0.570. The molecule has 0 N–H and O–H groups in total. The number of nitrogens with zero attached hydrogens (tertiary/aromatic N) is 4. The summed E-state index contributed by atoms with van der Waals surface area (Å²) in [7, 11) is 0. The normalized spacial score (nSPS) is 11.5. The summed E-state index contributed by atoms with van der Waals surface area (Å²) in [5.74, 6) is 1.78. The van der Waals surface area contributed by atoms with Gasteiger partial charge in [0.25, 0.3) is 0 Å². The Bertz CT molecular complexity index is 3170. The highest BCUT2D eigenvalue weighted by Crippen LogP contribution is 2.47. The fraction of sp³-hybridized carbons (Fsp3) is 0. The Morgan fingerprint density at radius 3 is 1.67 bits per heavy atom. The molecule has 0 radical (unpaired) electrons. The van der Waals surface area contributed by atoms with Crippen molar-refractivity contribution in [3.8, 4) is 45.3 Å². The van der Waals surface area contributed by atoms with Crippen molar-refractivity contribution in [3.63, 3.8) is 0 Å². The van der Waals surface area contributed by atoms with Crippen molar-refractivity contribution < 1.29 is 4.42 Å². The number of furan rings is 1. The van der Waals surface area contributed by atoms with Crippen LogP contribution >= 0.6 is 11.3 Å². The molecular weight excluding hydrogens is 717 g/mol. The second-order valence-corrected chi connectivity index (χ2v) is 15.1. The molecule has 3 aromatic heterocycles. The summed E-state index contributed by atoms with van der Waals surface area (Å²) in [6, 6.07) is 67.4. The van der Waals surface area contributed by atoms with Gasteiger partial charge in [0.1, 0.15) is 11.2 Å². The first-order valence-corrected chi connectivity index (χ1v) is 19.8. The van der Waals surface area contributed by atoms with Crippen LogP contribution in [0.15, 0.2) is 199 Å². The number of rotatable bonds is 7. The van der Waals surface area contributed by atoms with Crippen LogP contribution in [-0.4, -0.2) is 15.0 Å². The van der Waals surface area contributed by atoms with Crippen molar-refractivity contribution >= 4 is 70.5 Å². The van der Waals surface area contributed by atoms with Crippen molar-refractivity contribution in [1.29, 1.82) is 0 Å². The van der Waals surface area contributed by atoms with Gasteiger partial charge in [-0.1, -0.05) is 152 Å². The summed E-state index contributed by atoms with van der Waals surface area (Å²) in [5, 5.41) is 4.43. The van der Waals surface area contributed by atoms with Crippen molar-refractivity contribution in [2.75, 3.05) is 4.90 Å². The molecule has 0 aliphatic carbocycles. The smallest absolute Gasteiger partial charge is 0.164 e. The summed E-state index contributed by atoms with van der Waals surface area (Å²) in [5.41, 5.74) is 9.60. The molecule has 0 saturated carbocycles. The lowest BCUT2D eigenvalue weighted by atomic mass is 10.0. The molecular formula is C51H32N4OS. The minimum atomic E-state index is 0.570. The average molecular weight is 749 g/mol. The number of anilines is 3. The number of hydrogen-bond donors (Lipinski definition) is 0. The molecule has 268 valence electrons. The zero-order valence-electron chi connectivity index (χ0n) is 30.6. The number of fused-ring (bicyclic) bond motifs is 6. The lowest BCUT2D eigenvalue weighted by Gasteiger charge is -2.27. The van der Waals surface area contributed by atoms with Crippen LogP contribution in [-0.2, 0) is 0 Å². The van der Waals surface area contributed by atoms with E-state index in [-0.39, 0.29) is 0 Å². The molecule has 0 aliphatic rings. The third-order valence-corrected chi connectivity index (χ3v) is 11.7. The highest BCUT2D eigenvalue weighted by molar-refractivity contribution is 7.26. The SMILES string of the molecule is c1ccc(-c2ccc(N(c3cc(-c4nc(-c5ccccc5)nc(-c5ccccc5)n4)c4c(c3)oc3ccccc34)c3cccc4c3sc3ccccc34)cc2)cc1. The van der Waals surface area contributed by atoms with Gasteiger partial charge in [-0.15, -0.1) is 11.3 Å². The van der Waals surface area contributed by atoms with Gasteiger partial charge in [-0.2, -0.15) is 0 Å². The predicted molar refractivity (Wildman–Crippen MR) is 236 cm³/mol. The van der Waals surface area contributed by atoms with E-state index in [1.807, 2.05) is 84.1 Å². The number of para-hydroxylation sites is 1. The number of hydrogen-bond acceptors (Lipinski definition) is 6. The summed E-state index contributed by atoms with van der Waals surface area (Å²) in [6.45, 7) is 0. The van der Waals surface area contributed by atoms with Gasteiger partial charge < -0.3 is 9.32 Å². The molecule has 11 rings (SSSR count).